The van der Waals surface area contributed by atoms with Crippen LogP contribution in [0.3, 0.4) is 0 Å². The standard InChI is InChI=1S/C18H28N4O4/c1-13(2)8-9-19-18(25)21-17(24)12-22(3)11-16(23)20-14-6-5-7-15(10-14)26-4/h5-7,10,13H,8-9,11-12H2,1-4H3,(H,20,23)(H2,19,21,24,25)/p+1. The fraction of sp³-hybridized carbons (Fsp3) is 0.500. The van der Waals surface area contributed by atoms with E-state index in [-0.39, 0.29) is 19.0 Å². The number of amides is 4. The van der Waals surface area contributed by atoms with Crippen LogP contribution in [0.15, 0.2) is 24.3 Å². The van der Waals surface area contributed by atoms with Crippen molar-refractivity contribution < 1.29 is 24.0 Å². The molecule has 4 amide bonds. The van der Waals surface area contributed by atoms with Crippen LogP contribution in [-0.4, -0.2) is 51.6 Å². The lowest BCUT2D eigenvalue weighted by Crippen LogP contribution is -3.11. The second-order valence-electron chi connectivity index (χ2n) is 6.58. The Labute approximate surface area is 154 Å². The van der Waals surface area contributed by atoms with Gasteiger partial charge < -0.3 is 20.3 Å². The zero-order valence-corrected chi connectivity index (χ0v) is 15.8. The predicted octanol–water partition coefficient (Wildman–Crippen LogP) is 0.0203. The number of urea groups is 1. The van der Waals surface area contributed by atoms with Gasteiger partial charge in [-0.1, -0.05) is 19.9 Å². The van der Waals surface area contributed by atoms with E-state index in [0.29, 0.717) is 28.8 Å². The van der Waals surface area contributed by atoms with E-state index in [1.807, 2.05) is 0 Å². The maximum absolute atomic E-state index is 12.0. The average molecular weight is 365 g/mol. The number of carbonyl (C=O) groups is 3. The van der Waals surface area contributed by atoms with Crippen molar-refractivity contribution in [3.8, 4) is 5.75 Å². The van der Waals surface area contributed by atoms with Gasteiger partial charge in [-0.15, -0.1) is 0 Å². The van der Waals surface area contributed by atoms with Gasteiger partial charge in [0.25, 0.3) is 11.8 Å². The molecule has 1 aromatic carbocycles. The summed E-state index contributed by atoms with van der Waals surface area (Å²) in [6.07, 6.45) is 0.844. The van der Waals surface area contributed by atoms with E-state index in [2.05, 4.69) is 29.8 Å². The van der Waals surface area contributed by atoms with E-state index >= 15 is 0 Å². The zero-order chi connectivity index (χ0) is 19.5. The van der Waals surface area contributed by atoms with Crippen LogP contribution in [-0.2, 0) is 9.59 Å². The van der Waals surface area contributed by atoms with E-state index in [1.54, 1.807) is 38.4 Å². The summed E-state index contributed by atoms with van der Waals surface area (Å²) in [6.45, 7) is 4.74. The molecule has 0 bridgehead atoms. The quantitative estimate of drug-likeness (QED) is 0.496. The number of hydrogen-bond donors (Lipinski definition) is 4. The fourth-order valence-electron chi connectivity index (χ4n) is 2.21. The van der Waals surface area contributed by atoms with Gasteiger partial charge in [0.15, 0.2) is 13.1 Å². The summed E-state index contributed by atoms with van der Waals surface area (Å²) in [5.74, 6) is 0.458. The minimum absolute atomic E-state index is 0.0170. The van der Waals surface area contributed by atoms with Crippen molar-refractivity contribution in [3.05, 3.63) is 24.3 Å². The van der Waals surface area contributed by atoms with E-state index in [0.717, 1.165) is 6.42 Å². The molecule has 0 aliphatic heterocycles. The van der Waals surface area contributed by atoms with Crippen LogP contribution >= 0.6 is 0 Å². The molecule has 8 heteroatoms. The van der Waals surface area contributed by atoms with E-state index in [1.165, 1.54) is 0 Å². The Hall–Kier alpha value is -2.61. The molecule has 0 fully saturated rings. The normalized spacial score (nSPS) is 11.6. The monoisotopic (exact) mass is 365 g/mol. The number of carbonyl (C=O) groups excluding carboxylic acids is 3. The molecule has 8 nitrogen and oxygen atoms in total. The lowest BCUT2D eigenvalue weighted by atomic mass is 10.1. The third-order valence-electron chi connectivity index (χ3n) is 3.54. The molecule has 4 N–H and O–H groups in total. The van der Waals surface area contributed by atoms with Gasteiger partial charge in [-0.25, -0.2) is 4.79 Å². The molecule has 0 saturated heterocycles. The van der Waals surface area contributed by atoms with Gasteiger partial charge in [-0.3, -0.25) is 14.9 Å². The summed E-state index contributed by atoms with van der Waals surface area (Å²) in [5.41, 5.74) is 0.621. The topological polar surface area (TPSA) is 101 Å². The number of anilines is 1. The molecule has 1 atom stereocenters. The van der Waals surface area contributed by atoms with Gasteiger partial charge in [0, 0.05) is 18.3 Å². The molecule has 144 valence electrons. The number of hydrogen-bond acceptors (Lipinski definition) is 4. The van der Waals surface area contributed by atoms with E-state index in [9.17, 15) is 14.4 Å². The van der Waals surface area contributed by atoms with Crippen molar-refractivity contribution in [1.82, 2.24) is 10.6 Å². The highest BCUT2D eigenvalue weighted by Crippen LogP contribution is 2.16. The Balaban J connectivity index is 2.33. The summed E-state index contributed by atoms with van der Waals surface area (Å²) >= 11 is 0. The summed E-state index contributed by atoms with van der Waals surface area (Å²) in [6, 6.07) is 6.51. The highest BCUT2D eigenvalue weighted by atomic mass is 16.5. The van der Waals surface area contributed by atoms with Crippen LogP contribution in [0.4, 0.5) is 10.5 Å². The van der Waals surface area contributed by atoms with Crippen LogP contribution in [0.1, 0.15) is 20.3 Å². The number of nitrogens with one attached hydrogen (secondary N) is 4. The number of quaternary nitrogens is 1. The molecule has 1 unspecified atom stereocenters. The third-order valence-corrected chi connectivity index (χ3v) is 3.54. The number of imide groups is 1. The maximum Gasteiger partial charge on any atom is 0.321 e. The highest BCUT2D eigenvalue weighted by molar-refractivity contribution is 5.95. The van der Waals surface area contributed by atoms with Gasteiger partial charge in [-0.2, -0.15) is 0 Å². The smallest absolute Gasteiger partial charge is 0.321 e. The van der Waals surface area contributed by atoms with Crippen molar-refractivity contribution in [2.45, 2.75) is 20.3 Å². The van der Waals surface area contributed by atoms with E-state index in [4.69, 9.17) is 4.74 Å². The number of ether oxygens (including phenoxy) is 1. The third kappa shape index (κ3) is 9.03. The van der Waals surface area contributed by atoms with Crippen molar-refractivity contribution in [2.75, 3.05) is 39.1 Å². The van der Waals surface area contributed by atoms with Crippen molar-refractivity contribution in [3.63, 3.8) is 0 Å². The van der Waals surface area contributed by atoms with Gasteiger partial charge in [0.2, 0.25) is 0 Å². The number of rotatable bonds is 9. The largest absolute Gasteiger partial charge is 0.497 e. The summed E-state index contributed by atoms with van der Waals surface area (Å²) < 4.78 is 5.10. The van der Waals surface area contributed by atoms with Crippen LogP contribution in [0.5, 0.6) is 5.75 Å². The average Bonchev–Trinajstić information content (AvgIpc) is 2.53. The lowest BCUT2D eigenvalue weighted by molar-refractivity contribution is -0.862. The van der Waals surface area contributed by atoms with Crippen molar-refractivity contribution in [1.29, 1.82) is 0 Å². The van der Waals surface area contributed by atoms with Gasteiger partial charge >= 0.3 is 6.03 Å². The molecule has 0 aliphatic carbocycles. The van der Waals surface area contributed by atoms with Gasteiger partial charge in [0.1, 0.15) is 5.75 Å². The van der Waals surface area contributed by atoms with Crippen molar-refractivity contribution >= 4 is 23.5 Å². The van der Waals surface area contributed by atoms with Crippen LogP contribution in [0, 0.1) is 5.92 Å². The number of likely N-dealkylation sites (N-methyl/N-ethyl adjacent to an activating group) is 1. The first-order valence-corrected chi connectivity index (χ1v) is 8.63. The van der Waals surface area contributed by atoms with Gasteiger partial charge in [-0.05, 0) is 24.5 Å². The van der Waals surface area contributed by atoms with Crippen LogP contribution in [0.2, 0.25) is 0 Å². The Bertz CT molecular complexity index is 619. The molecule has 0 spiro atoms. The number of methoxy groups -OCH3 is 1. The highest BCUT2D eigenvalue weighted by Gasteiger charge is 2.16. The summed E-state index contributed by atoms with van der Waals surface area (Å²) in [5, 5.41) is 7.64. The second kappa shape index (κ2) is 11.1. The number of benzene rings is 1. The molecule has 0 saturated carbocycles. The first-order chi connectivity index (χ1) is 12.3. The molecular weight excluding hydrogens is 336 g/mol. The lowest BCUT2D eigenvalue weighted by Gasteiger charge is -2.14. The molecule has 0 heterocycles. The first-order valence-electron chi connectivity index (χ1n) is 8.63. The molecular formula is C18H29N4O4+. The van der Waals surface area contributed by atoms with Crippen molar-refractivity contribution in [2.24, 2.45) is 5.92 Å². The molecule has 1 rings (SSSR count). The van der Waals surface area contributed by atoms with Gasteiger partial charge in [0.05, 0.1) is 14.2 Å². The van der Waals surface area contributed by atoms with Crippen LogP contribution in [0.25, 0.3) is 0 Å². The Morgan fingerprint density at radius 2 is 1.85 bits per heavy atom. The predicted molar refractivity (Wildman–Crippen MR) is 99.2 cm³/mol. The minimum atomic E-state index is -0.510. The minimum Gasteiger partial charge on any atom is -0.497 e. The molecule has 0 radical (unpaired) electrons. The molecule has 0 aromatic heterocycles. The van der Waals surface area contributed by atoms with Crippen LogP contribution < -0.4 is 25.6 Å². The fourth-order valence-corrected chi connectivity index (χ4v) is 2.21. The first kappa shape index (κ1) is 21.4. The molecule has 0 aliphatic rings. The maximum atomic E-state index is 12.0. The Kier molecular flexibility index (Phi) is 9.14. The zero-order valence-electron chi connectivity index (χ0n) is 15.8. The van der Waals surface area contributed by atoms with E-state index < -0.39 is 11.9 Å². The Morgan fingerprint density at radius 1 is 1.15 bits per heavy atom. The summed E-state index contributed by atoms with van der Waals surface area (Å²) in [4.78, 5) is 36.2. The molecule has 26 heavy (non-hydrogen) atoms. The Morgan fingerprint density at radius 3 is 2.50 bits per heavy atom. The SMILES string of the molecule is COc1cccc(NC(=O)C[NH+](C)CC(=O)NC(=O)NCCC(C)C)c1. The second-order valence-corrected chi connectivity index (χ2v) is 6.58. The molecule has 1 aromatic rings. The summed E-state index contributed by atoms with van der Waals surface area (Å²) in [7, 11) is 3.26.